The molecule has 0 unspecified atom stereocenters. The van der Waals surface area contributed by atoms with Crippen molar-refractivity contribution in [2.75, 3.05) is 18.5 Å². The van der Waals surface area contributed by atoms with Gasteiger partial charge in [0.1, 0.15) is 12.9 Å². The predicted octanol–water partition coefficient (Wildman–Crippen LogP) is 2.87. The molecule has 2 aromatic rings. The van der Waals surface area contributed by atoms with Gasteiger partial charge in [-0.25, -0.2) is 0 Å². The molecule has 1 aromatic heterocycles. The van der Waals surface area contributed by atoms with Gasteiger partial charge in [-0.3, -0.25) is 4.79 Å². The maximum absolute atomic E-state index is 11.9. The number of benzene rings is 1. The van der Waals surface area contributed by atoms with Gasteiger partial charge in [0.25, 0.3) is 0 Å². The van der Waals surface area contributed by atoms with Gasteiger partial charge in [-0.2, -0.15) is 13.2 Å². The third kappa shape index (κ3) is 6.20. The first kappa shape index (κ1) is 18.3. The largest absolute Gasteiger partial charge is 0.411 e. The van der Waals surface area contributed by atoms with E-state index in [1.807, 2.05) is 7.05 Å². The minimum atomic E-state index is -4.38. The summed E-state index contributed by atoms with van der Waals surface area (Å²) in [6.45, 7) is -1.64. The number of aryl methyl sites for hydroxylation is 1. The van der Waals surface area contributed by atoms with E-state index < -0.39 is 18.7 Å². The number of amides is 1. The number of nitrogens with one attached hydrogen (secondary N) is 1. The van der Waals surface area contributed by atoms with Crippen LogP contribution in [0.2, 0.25) is 0 Å². The van der Waals surface area contributed by atoms with Gasteiger partial charge < -0.3 is 14.6 Å². The van der Waals surface area contributed by atoms with Crippen molar-refractivity contribution in [3.63, 3.8) is 0 Å². The lowest BCUT2D eigenvalue weighted by atomic mass is 10.3. The summed E-state index contributed by atoms with van der Waals surface area (Å²) in [5.74, 6) is -0.411. The highest BCUT2D eigenvalue weighted by molar-refractivity contribution is 7.99. The fourth-order valence-corrected chi connectivity index (χ4v) is 2.42. The summed E-state index contributed by atoms with van der Waals surface area (Å²) in [5, 5.41) is 11.1. The Morgan fingerprint density at radius 2 is 2.04 bits per heavy atom. The third-order valence-corrected chi connectivity index (χ3v) is 3.82. The number of ether oxygens (including phenoxy) is 1. The van der Waals surface area contributed by atoms with Gasteiger partial charge >= 0.3 is 6.18 Å². The molecule has 10 heteroatoms. The fourth-order valence-electron chi connectivity index (χ4n) is 1.65. The van der Waals surface area contributed by atoms with E-state index in [2.05, 4.69) is 20.3 Å². The summed E-state index contributed by atoms with van der Waals surface area (Å²) in [6.07, 6.45) is -2.93. The molecule has 0 aliphatic rings. The molecule has 0 bridgehead atoms. The Morgan fingerprint density at radius 3 is 2.62 bits per heavy atom. The quantitative estimate of drug-likeness (QED) is 0.769. The SMILES string of the molecule is Cn1cnnc1Sc1ccc(NC(=O)CCOCC(F)(F)F)cc1. The molecular formula is C14H15F3N4O2S. The molecule has 0 saturated heterocycles. The second-order valence-corrected chi connectivity index (χ2v) is 5.86. The topological polar surface area (TPSA) is 69.0 Å². The van der Waals surface area contributed by atoms with Crippen LogP contribution in [-0.2, 0) is 16.6 Å². The standard InChI is InChI=1S/C14H15F3N4O2S/c1-21-9-18-20-13(21)24-11-4-2-10(3-5-11)19-12(22)6-7-23-8-14(15,16)17/h2-5,9H,6-8H2,1H3,(H,19,22). The zero-order valence-electron chi connectivity index (χ0n) is 12.7. The number of hydrogen-bond donors (Lipinski definition) is 1. The summed E-state index contributed by atoms with van der Waals surface area (Å²) in [4.78, 5) is 12.5. The molecule has 0 radical (unpaired) electrons. The van der Waals surface area contributed by atoms with Crippen molar-refractivity contribution < 1.29 is 22.7 Å². The van der Waals surface area contributed by atoms with Crippen LogP contribution < -0.4 is 5.32 Å². The van der Waals surface area contributed by atoms with E-state index in [0.29, 0.717) is 5.69 Å². The molecule has 1 N–H and O–H groups in total. The van der Waals surface area contributed by atoms with Gasteiger partial charge in [-0.15, -0.1) is 10.2 Å². The van der Waals surface area contributed by atoms with E-state index in [-0.39, 0.29) is 13.0 Å². The number of alkyl halides is 3. The van der Waals surface area contributed by atoms with E-state index in [0.717, 1.165) is 10.1 Å². The van der Waals surface area contributed by atoms with Crippen molar-refractivity contribution in [3.8, 4) is 0 Å². The lowest BCUT2D eigenvalue weighted by molar-refractivity contribution is -0.174. The van der Waals surface area contributed by atoms with Gasteiger partial charge in [0.2, 0.25) is 5.91 Å². The first-order valence-corrected chi connectivity index (χ1v) is 7.71. The average Bonchev–Trinajstić information content (AvgIpc) is 2.90. The zero-order chi connectivity index (χ0) is 17.6. The fraction of sp³-hybridized carbons (Fsp3) is 0.357. The Morgan fingerprint density at radius 1 is 1.33 bits per heavy atom. The van der Waals surface area contributed by atoms with Gasteiger partial charge in [0.15, 0.2) is 5.16 Å². The zero-order valence-corrected chi connectivity index (χ0v) is 13.5. The molecule has 2 rings (SSSR count). The van der Waals surface area contributed by atoms with Crippen LogP contribution in [0.5, 0.6) is 0 Å². The van der Waals surface area contributed by atoms with Crippen LogP contribution in [0.3, 0.4) is 0 Å². The normalized spacial score (nSPS) is 11.5. The minimum absolute atomic E-state index is 0.147. The van der Waals surface area contributed by atoms with Crippen molar-refractivity contribution in [2.24, 2.45) is 7.05 Å². The van der Waals surface area contributed by atoms with Crippen LogP contribution in [0.25, 0.3) is 0 Å². The van der Waals surface area contributed by atoms with Crippen molar-refractivity contribution in [1.82, 2.24) is 14.8 Å². The van der Waals surface area contributed by atoms with Crippen LogP contribution >= 0.6 is 11.8 Å². The molecule has 24 heavy (non-hydrogen) atoms. The van der Waals surface area contributed by atoms with Crippen LogP contribution in [0.4, 0.5) is 18.9 Å². The van der Waals surface area contributed by atoms with E-state index in [9.17, 15) is 18.0 Å². The number of carbonyl (C=O) groups excluding carboxylic acids is 1. The maximum Gasteiger partial charge on any atom is 0.411 e. The molecule has 1 heterocycles. The molecule has 0 aliphatic heterocycles. The maximum atomic E-state index is 11.9. The number of aromatic nitrogens is 3. The molecule has 1 amide bonds. The van der Waals surface area contributed by atoms with Crippen LogP contribution in [0, 0.1) is 0 Å². The van der Waals surface area contributed by atoms with E-state index in [4.69, 9.17) is 0 Å². The molecule has 1 aromatic carbocycles. The average molecular weight is 360 g/mol. The molecule has 0 aliphatic carbocycles. The van der Waals surface area contributed by atoms with Crippen molar-refractivity contribution in [2.45, 2.75) is 22.6 Å². The molecule has 0 fully saturated rings. The first-order chi connectivity index (χ1) is 11.3. The Balaban J connectivity index is 1.77. The Hall–Kier alpha value is -2.07. The predicted molar refractivity (Wildman–Crippen MR) is 81.7 cm³/mol. The second kappa shape index (κ2) is 8.15. The number of anilines is 1. The summed E-state index contributed by atoms with van der Waals surface area (Å²) in [5.41, 5.74) is 0.554. The number of nitrogens with zero attached hydrogens (tertiary/aromatic N) is 3. The molecular weight excluding hydrogens is 345 g/mol. The molecule has 6 nitrogen and oxygen atoms in total. The number of carbonyl (C=O) groups is 1. The van der Waals surface area contributed by atoms with Crippen molar-refractivity contribution in [3.05, 3.63) is 30.6 Å². The van der Waals surface area contributed by atoms with Crippen LogP contribution in [0.1, 0.15) is 6.42 Å². The first-order valence-electron chi connectivity index (χ1n) is 6.90. The van der Waals surface area contributed by atoms with E-state index in [1.54, 1.807) is 35.2 Å². The van der Waals surface area contributed by atoms with Crippen LogP contribution in [-0.4, -0.2) is 40.1 Å². The molecule has 0 atom stereocenters. The molecule has 0 spiro atoms. The Kier molecular flexibility index (Phi) is 6.21. The summed E-state index contributed by atoms with van der Waals surface area (Å²) < 4.78 is 41.8. The highest BCUT2D eigenvalue weighted by Gasteiger charge is 2.27. The lowest BCUT2D eigenvalue weighted by Gasteiger charge is -2.08. The minimum Gasteiger partial charge on any atom is -0.372 e. The number of rotatable bonds is 7. The summed E-state index contributed by atoms with van der Waals surface area (Å²) >= 11 is 1.42. The van der Waals surface area contributed by atoms with Gasteiger partial charge in [0.05, 0.1) is 13.0 Å². The van der Waals surface area contributed by atoms with Gasteiger partial charge in [-0.1, -0.05) is 0 Å². The smallest absolute Gasteiger partial charge is 0.372 e. The van der Waals surface area contributed by atoms with Gasteiger partial charge in [-0.05, 0) is 36.0 Å². The summed E-state index contributed by atoms with van der Waals surface area (Å²) in [7, 11) is 1.83. The summed E-state index contributed by atoms with van der Waals surface area (Å²) in [6, 6.07) is 7.00. The highest BCUT2D eigenvalue weighted by atomic mass is 32.2. The van der Waals surface area contributed by atoms with E-state index in [1.165, 1.54) is 11.8 Å². The monoisotopic (exact) mass is 360 g/mol. The van der Waals surface area contributed by atoms with Gasteiger partial charge in [0, 0.05) is 17.6 Å². The molecule has 130 valence electrons. The highest BCUT2D eigenvalue weighted by Crippen LogP contribution is 2.26. The third-order valence-electron chi connectivity index (χ3n) is 2.76. The van der Waals surface area contributed by atoms with Crippen LogP contribution in [0.15, 0.2) is 40.6 Å². The number of hydrogen-bond acceptors (Lipinski definition) is 5. The van der Waals surface area contributed by atoms with Crippen molar-refractivity contribution >= 4 is 23.4 Å². The van der Waals surface area contributed by atoms with E-state index >= 15 is 0 Å². The Labute approximate surface area is 140 Å². The molecule has 0 saturated carbocycles. The lowest BCUT2D eigenvalue weighted by Crippen LogP contribution is -2.20. The number of halogens is 3. The van der Waals surface area contributed by atoms with Crippen molar-refractivity contribution in [1.29, 1.82) is 0 Å². The Bertz CT molecular complexity index is 673. The second-order valence-electron chi connectivity index (χ2n) is 4.82.